The van der Waals surface area contributed by atoms with Gasteiger partial charge in [-0.2, -0.15) is 0 Å². The molecule has 0 spiro atoms. The van der Waals surface area contributed by atoms with E-state index in [1.165, 1.54) is 0 Å². The number of hydrogen-bond donors (Lipinski definition) is 1. The third kappa shape index (κ3) is 2.74. The smallest absolute Gasteiger partial charge is 0.219 e. The molecule has 0 aliphatic carbocycles. The number of anilines is 2. The lowest BCUT2D eigenvalue weighted by molar-refractivity contribution is -0.128. The van der Waals surface area contributed by atoms with Crippen LogP contribution in [-0.2, 0) is 4.79 Å². The van der Waals surface area contributed by atoms with E-state index in [-0.39, 0.29) is 5.91 Å². The first kappa shape index (κ1) is 13.6. The van der Waals surface area contributed by atoms with Gasteiger partial charge in [0.1, 0.15) is 0 Å². The lowest BCUT2D eigenvalue weighted by Crippen LogP contribution is -2.34. The molecule has 2 aromatic rings. The van der Waals surface area contributed by atoms with Crippen LogP contribution in [0.25, 0.3) is 11.0 Å². The zero-order valence-corrected chi connectivity index (χ0v) is 12.1. The number of carbonyl (C=O) groups is 1. The second-order valence-electron chi connectivity index (χ2n) is 5.27. The van der Waals surface area contributed by atoms with Gasteiger partial charge >= 0.3 is 0 Å². The Bertz CT molecular complexity index is 672. The van der Waals surface area contributed by atoms with Crippen molar-refractivity contribution >= 4 is 28.6 Å². The number of nitrogen functional groups attached to an aromatic ring is 1. The quantitative estimate of drug-likeness (QED) is 0.854. The van der Waals surface area contributed by atoms with Gasteiger partial charge in [-0.1, -0.05) is 12.1 Å². The predicted molar refractivity (Wildman–Crippen MR) is 83.0 cm³/mol. The van der Waals surface area contributed by atoms with Crippen LogP contribution in [0.15, 0.2) is 24.3 Å². The minimum atomic E-state index is 0.120. The number of rotatable bonds is 1. The van der Waals surface area contributed by atoms with Crippen LogP contribution in [0.4, 0.5) is 11.6 Å². The maximum Gasteiger partial charge on any atom is 0.219 e. The molecule has 6 heteroatoms. The first-order valence-corrected chi connectivity index (χ1v) is 7.18. The number of amides is 1. The molecule has 1 saturated heterocycles. The van der Waals surface area contributed by atoms with Crippen molar-refractivity contribution < 1.29 is 4.79 Å². The van der Waals surface area contributed by atoms with Crippen molar-refractivity contribution in [3.63, 3.8) is 0 Å². The van der Waals surface area contributed by atoms with Crippen LogP contribution in [0.2, 0.25) is 0 Å². The molecule has 0 atom stereocenters. The number of fused-ring (bicyclic) bond motifs is 1. The van der Waals surface area contributed by atoms with Gasteiger partial charge in [-0.25, -0.2) is 9.97 Å². The van der Waals surface area contributed by atoms with E-state index in [1.807, 2.05) is 29.2 Å². The Morgan fingerprint density at radius 3 is 2.52 bits per heavy atom. The Balaban J connectivity index is 1.89. The van der Waals surface area contributed by atoms with Crippen LogP contribution in [0, 0.1) is 0 Å². The third-order valence-corrected chi connectivity index (χ3v) is 3.82. The molecule has 21 heavy (non-hydrogen) atoms. The fourth-order valence-corrected chi connectivity index (χ4v) is 2.68. The average molecular weight is 285 g/mol. The number of carbonyl (C=O) groups excluding carboxylic acids is 1. The number of nitrogens with zero attached hydrogens (tertiary/aromatic N) is 4. The standard InChI is InChI=1S/C15H19N5O/c1-11(21)19-7-4-8-20(10-9-19)15-14(16)17-12-5-2-3-6-13(12)18-15/h2-3,5-6H,4,7-10H2,1H3,(H2,16,17). The van der Waals surface area contributed by atoms with Gasteiger partial charge in [0.25, 0.3) is 0 Å². The Hall–Kier alpha value is -2.37. The molecular weight excluding hydrogens is 266 g/mol. The Kier molecular flexibility index (Phi) is 3.60. The SMILES string of the molecule is CC(=O)N1CCCN(c2nc3ccccc3nc2N)CC1. The highest BCUT2D eigenvalue weighted by Crippen LogP contribution is 2.23. The van der Waals surface area contributed by atoms with Crippen molar-refractivity contribution in [3.8, 4) is 0 Å². The maximum atomic E-state index is 11.5. The minimum absolute atomic E-state index is 0.120. The number of aromatic nitrogens is 2. The summed E-state index contributed by atoms with van der Waals surface area (Å²) >= 11 is 0. The third-order valence-electron chi connectivity index (χ3n) is 3.82. The highest BCUT2D eigenvalue weighted by atomic mass is 16.2. The summed E-state index contributed by atoms with van der Waals surface area (Å²) in [5.41, 5.74) is 7.71. The van der Waals surface area contributed by atoms with E-state index < -0.39 is 0 Å². The van der Waals surface area contributed by atoms with Crippen molar-refractivity contribution in [2.45, 2.75) is 13.3 Å². The van der Waals surface area contributed by atoms with Crippen LogP contribution in [0.3, 0.4) is 0 Å². The Labute approximate surface area is 123 Å². The maximum absolute atomic E-state index is 11.5. The second kappa shape index (κ2) is 5.55. The average Bonchev–Trinajstić information content (AvgIpc) is 2.72. The predicted octanol–water partition coefficient (Wildman–Crippen LogP) is 1.27. The topological polar surface area (TPSA) is 75.4 Å². The van der Waals surface area contributed by atoms with E-state index in [0.29, 0.717) is 12.4 Å². The molecule has 1 aliphatic heterocycles. The number of benzene rings is 1. The molecule has 2 heterocycles. The van der Waals surface area contributed by atoms with E-state index >= 15 is 0 Å². The number of hydrogen-bond acceptors (Lipinski definition) is 5. The van der Waals surface area contributed by atoms with Gasteiger partial charge in [0, 0.05) is 33.1 Å². The van der Waals surface area contributed by atoms with Gasteiger partial charge in [0.15, 0.2) is 11.6 Å². The van der Waals surface area contributed by atoms with Crippen molar-refractivity contribution in [1.82, 2.24) is 14.9 Å². The minimum Gasteiger partial charge on any atom is -0.381 e. The summed E-state index contributed by atoms with van der Waals surface area (Å²) in [6.45, 7) is 4.66. The van der Waals surface area contributed by atoms with Crippen LogP contribution in [0.1, 0.15) is 13.3 Å². The fourth-order valence-electron chi connectivity index (χ4n) is 2.68. The van der Waals surface area contributed by atoms with Gasteiger partial charge in [0.2, 0.25) is 5.91 Å². The molecule has 1 aliphatic rings. The van der Waals surface area contributed by atoms with Gasteiger partial charge in [0.05, 0.1) is 11.0 Å². The summed E-state index contributed by atoms with van der Waals surface area (Å²) in [6, 6.07) is 7.71. The zero-order valence-electron chi connectivity index (χ0n) is 12.1. The van der Waals surface area contributed by atoms with E-state index in [2.05, 4.69) is 14.9 Å². The van der Waals surface area contributed by atoms with Crippen molar-refractivity contribution in [1.29, 1.82) is 0 Å². The fraction of sp³-hybridized carbons (Fsp3) is 0.400. The monoisotopic (exact) mass is 285 g/mol. The molecule has 3 rings (SSSR count). The molecule has 0 saturated carbocycles. The summed E-state index contributed by atoms with van der Waals surface area (Å²) < 4.78 is 0. The summed E-state index contributed by atoms with van der Waals surface area (Å²) in [7, 11) is 0. The highest BCUT2D eigenvalue weighted by molar-refractivity contribution is 5.79. The molecule has 110 valence electrons. The lowest BCUT2D eigenvalue weighted by atomic mass is 10.3. The summed E-state index contributed by atoms with van der Waals surface area (Å²) in [6.07, 6.45) is 0.910. The molecular formula is C15H19N5O. The van der Waals surface area contributed by atoms with Crippen LogP contribution in [-0.4, -0.2) is 47.0 Å². The largest absolute Gasteiger partial charge is 0.381 e. The van der Waals surface area contributed by atoms with Gasteiger partial charge < -0.3 is 15.5 Å². The molecule has 6 nitrogen and oxygen atoms in total. The molecule has 0 radical (unpaired) electrons. The normalized spacial score (nSPS) is 16.0. The molecule has 0 unspecified atom stereocenters. The van der Waals surface area contributed by atoms with Crippen LogP contribution >= 0.6 is 0 Å². The first-order valence-electron chi connectivity index (χ1n) is 7.18. The summed E-state index contributed by atoms with van der Waals surface area (Å²) in [4.78, 5) is 24.6. The molecule has 2 N–H and O–H groups in total. The van der Waals surface area contributed by atoms with Crippen molar-refractivity contribution in [2.24, 2.45) is 0 Å². The Morgan fingerprint density at radius 2 is 1.81 bits per heavy atom. The molecule has 1 aromatic carbocycles. The van der Waals surface area contributed by atoms with Gasteiger partial charge in [-0.15, -0.1) is 0 Å². The van der Waals surface area contributed by atoms with Crippen molar-refractivity contribution in [2.75, 3.05) is 36.8 Å². The number of nitrogens with two attached hydrogens (primary N) is 1. The summed E-state index contributed by atoms with van der Waals surface area (Å²) in [5, 5.41) is 0. The van der Waals surface area contributed by atoms with Crippen LogP contribution in [0.5, 0.6) is 0 Å². The van der Waals surface area contributed by atoms with Crippen molar-refractivity contribution in [3.05, 3.63) is 24.3 Å². The zero-order chi connectivity index (χ0) is 14.8. The van der Waals surface area contributed by atoms with E-state index in [4.69, 9.17) is 5.73 Å². The molecule has 1 amide bonds. The molecule has 0 bridgehead atoms. The van der Waals surface area contributed by atoms with E-state index in [1.54, 1.807) is 6.92 Å². The Morgan fingerprint density at radius 1 is 1.10 bits per heavy atom. The van der Waals surface area contributed by atoms with Crippen LogP contribution < -0.4 is 10.6 Å². The van der Waals surface area contributed by atoms with Gasteiger partial charge in [-0.05, 0) is 18.6 Å². The van der Waals surface area contributed by atoms with E-state index in [0.717, 1.165) is 42.9 Å². The lowest BCUT2D eigenvalue weighted by Gasteiger charge is -2.23. The molecule has 1 aromatic heterocycles. The summed E-state index contributed by atoms with van der Waals surface area (Å²) in [5.74, 6) is 1.29. The van der Waals surface area contributed by atoms with E-state index in [9.17, 15) is 4.79 Å². The number of para-hydroxylation sites is 2. The highest BCUT2D eigenvalue weighted by Gasteiger charge is 2.20. The first-order chi connectivity index (χ1) is 10.1. The van der Waals surface area contributed by atoms with Gasteiger partial charge in [-0.3, -0.25) is 4.79 Å². The second-order valence-corrected chi connectivity index (χ2v) is 5.27. The molecule has 1 fully saturated rings.